The van der Waals surface area contributed by atoms with Gasteiger partial charge in [0.15, 0.2) is 0 Å². The molecule has 4 nitrogen and oxygen atoms in total. The maximum Gasteiger partial charge on any atom is 0.326 e. The Morgan fingerprint density at radius 3 is 2.59 bits per heavy atom. The summed E-state index contributed by atoms with van der Waals surface area (Å²) in [5.74, 6) is -3.28. The van der Waals surface area contributed by atoms with Crippen LogP contribution >= 0.6 is 0 Å². The Hall–Kier alpha value is -1.98. The smallest absolute Gasteiger partial charge is 0.326 e. The lowest BCUT2D eigenvalue weighted by Gasteiger charge is -2.33. The third-order valence-corrected chi connectivity index (χ3v) is 4.77. The van der Waals surface area contributed by atoms with Crippen molar-refractivity contribution in [2.24, 2.45) is 5.92 Å². The van der Waals surface area contributed by atoms with Gasteiger partial charge in [-0.15, -0.1) is 0 Å². The molecule has 22 heavy (non-hydrogen) atoms. The zero-order chi connectivity index (χ0) is 15.9. The van der Waals surface area contributed by atoms with E-state index in [1.807, 2.05) is 0 Å². The molecule has 1 aliphatic heterocycles. The van der Waals surface area contributed by atoms with Gasteiger partial charge in [-0.1, -0.05) is 12.8 Å². The number of carbonyl (C=O) groups excluding carboxylic acids is 1. The van der Waals surface area contributed by atoms with Crippen molar-refractivity contribution in [2.45, 2.75) is 44.2 Å². The monoisotopic (exact) mass is 309 g/mol. The molecule has 0 aromatic heterocycles. The molecule has 118 valence electrons. The van der Waals surface area contributed by atoms with Crippen LogP contribution in [-0.4, -0.2) is 34.0 Å². The van der Waals surface area contributed by atoms with E-state index in [4.69, 9.17) is 0 Å². The van der Waals surface area contributed by atoms with Gasteiger partial charge in [0.2, 0.25) is 0 Å². The Labute approximate surface area is 126 Å². The van der Waals surface area contributed by atoms with Gasteiger partial charge < -0.3 is 10.0 Å². The molecule has 1 heterocycles. The van der Waals surface area contributed by atoms with Crippen LogP contribution in [0, 0.1) is 17.6 Å². The second kappa shape index (κ2) is 5.66. The molecule has 0 radical (unpaired) electrons. The summed E-state index contributed by atoms with van der Waals surface area (Å²) in [6.45, 7) is 0. The second-order valence-electron chi connectivity index (χ2n) is 6.04. The molecule has 2 fully saturated rings. The molecule has 1 saturated carbocycles. The van der Waals surface area contributed by atoms with Gasteiger partial charge in [0.25, 0.3) is 5.91 Å². The number of halogens is 2. The maximum atomic E-state index is 13.9. The molecule has 1 N–H and O–H groups in total. The first-order valence-corrected chi connectivity index (χ1v) is 7.49. The van der Waals surface area contributed by atoms with Gasteiger partial charge in [0.05, 0.1) is 5.56 Å². The fraction of sp³-hybridized carbons (Fsp3) is 0.500. The minimum absolute atomic E-state index is 0.155. The van der Waals surface area contributed by atoms with Gasteiger partial charge in [-0.2, -0.15) is 0 Å². The van der Waals surface area contributed by atoms with Crippen molar-refractivity contribution in [3.05, 3.63) is 35.4 Å². The summed E-state index contributed by atoms with van der Waals surface area (Å²) in [6, 6.07) is 1.66. The zero-order valence-electron chi connectivity index (χ0n) is 12.0. The highest BCUT2D eigenvalue weighted by molar-refractivity contribution is 5.97. The number of aliphatic carboxylic acids is 1. The van der Waals surface area contributed by atoms with E-state index in [0.717, 1.165) is 37.8 Å². The highest BCUT2D eigenvalue weighted by Gasteiger charge is 2.48. The summed E-state index contributed by atoms with van der Waals surface area (Å²) in [5, 5.41) is 9.39. The molecular weight excluding hydrogens is 292 g/mol. The summed E-state index contributed by atoms with van der Waals surface area (Å²) in [6.07, 6.45) is 4.01. The standard InChI is InChI=1S/C16H17F2NO3/c17-10-5-6-11(12(18)8-10)15(20)19-13-4-2-1-3-9(13)7-14(19)16(21)22/h5-6,8-9,13-14H,1-4,7H2,(H,21,22)/t9-,13-,14-/m0/s1. The van der Waals surface area contributed by atoms with Crippen LogP contribution in [0.25, 0.3) is 0 Å². The Morgan fingerprint density at radius 1 is 1.18 bits per heavy atom. The van der Waals surface area contributed by atoms with E-state index in [2.05, 4.69) is 0 Å². The summed E-state index contributed by atoms with van der Waals surface area (Å²) >= 11 is 0. The van der Waals surface area contributed by atoms with E-state index < -0.39 is 29.6 Å². The van der Waals surface area contributed by atoms with Crippen LogP contribution in [-0.2, 0) is 4.79 Å². The number of carbonyl (C=O) groups is 2. The number of amides is 1. The Morgan fingerprint density at radius 2 is 1.91 bits per heavy atom. The lowest BCUT2D eigenvalue weighted by molar-refractivity contribution is -0.141. The molecule has 1 amide bonds. The number of rotatable bonds is 2. The van der Waals surface area contributed by atoms with E-state index in [0.29, 0.717) is 12.5 Å². The predicted molar refractivity (Wildman–Crippen MR) is 74.3 cm³/mol. The predicted octanol–water partition coefficient (Wildman–Crippen LogP) is 2.82. The number of carboxylic acid groups (broad SMARTS) is 1. The van der Waals surface area contributed by atoms with Crippen molar-refractivity contribution in [1.82, 2.24) is 4.90 Å². The lowest BCUT2D eigenvalue weighted by atomic mass is 9.84. The van der Waals surface area contributed by atoms with Gasteiger partial charge in [0.1, 0.15) is 17.7 Å². The van der Waals surface area contributed by atoms with Crippen LogP contribution in [0.1, 0.15) is 42.5 Å². The van der Waals surface area contributed by atoms with Crippen molar-refractivity contribution >= 4 is 11.9 Å². The van der Waals surface area contributed by atoms with E-state index in [1.54, 1.807) is 0 Å². The van der Waals surface area contributed by atoms with Crippen molar-refractivity contribution < 1.29 is 23.5 Å². The van der Waals surface area contributed by atoms with Crippen LogP contribution < -0.4 is 0 Å². The van der Waals surface area contributed by atoms with Crippen LogP contribution in [0.5, 0.6) is 0 Å². The number of nitrogens with zero attached hydrogens (tertiary/aromatic N) is 1. The summed E-state index contributed by atoms with van der Waals surface area (Å²) in [5.41, 5.74) is -0.265. The molecule has 3 atom stereocenters. The molecule has 0 spiro atoms. The number of carboxylic acids is 1. The Balaban J connectivity index is 1.95. The normalized spacial score (nSPS) is 27.5. The average Bonchev–Trinajstić information content (AvgIpc) is 2.86. The highest BCUT2D eigenvalue weighted by Crippen LogP contribution is 2.40. The lowest BCUT2D eigenvalue weighted by Crippen LogP contribution is -2.46. The second-order valence-corrected chi connectivity index (χ2v) is 6.04. The summed E-state index contributed by atoms with van der Waals surface area (Å²) in [7, 11) is 0. The SMILES string of the molecule is O=C(O)[C@@H]1C[C@@H]2CCCC[C@@H]2N1C(=O)c1ccc(F)cc1F. The third-order valence-electron chi connectivity index (χ3n) is 4.77. The summed E-state index contributed by atoms with van der Waals surface area (Å²) < 4.78 is 26.9. The molecule has 1 aromatic carbocycles. The van der Waals surface area contributed by atoms with Crippen molar-refractivity contribution in [3.8, 4) is 0 Å². The van der Waals surface area contributed by atoms with E-state index >= 15 is 0 Å². The number of benzene rings is 1. The van der Waals surface area contributed by atoms with Gasteiger partial charge >= 0.3 is 5.97 Å². The van der Waals surface area contributed by atoms with Crippen LogP contribution in [0.15, 0.2) is 18.2 Å². The van der Waals surface area contributed by atoms with Crippen molar-refractivity contribution in [2.75, 3.05) is 0 Å². The summed E-state index contributed by atoms with van der Waals surface area (Å²) in [4.78, 5) is 25.4. The van der Waals surface area contributed by atoms with Crippen molar-refractivity contribution in [1.29, 1.82) is 0 Å². The first-order chi connectivity index (χ1) is 10.5. The fourth-order valence-corrected chi connectivity index (χ4v) is 3.77. The molecule has 0 unspecified atom stereocenters. The van der Waals surface area contributed by atoms with Gasteiger partial charge in [-0.05, 0) is 37.3 Å². The molecule has 1 saturated heterocycles. The molecule has 2 aliphatic rings. The molecule has 1 aromatic rings. The highest BCUT2D eigenvalue weighted by atomic mass is 19.1. The minimum atomic E-state index is -1.06. The van der Waals surface area contributed by atoms with Gasteiger partial charge in [-0.3, -0.25) is 4.79 Å². The maximum absolute atomic E-state index is 13.9. The first-order valence-electron chi connectivity index (χ1n) is 7.49. The van der Waals surface area contributed by atoms with Gasteiger partial charge in [-0.25, -0.2) is 13.6 Å². The van der Waals surface area contributed by atoms with Gasteiger partial charge in [0, 0.05) is 12.1 Å². The zero-order valence-corrected chi connectivity index (χ0v) is 12.0. The van der Waals surface area contributed by atoms with E-state index in [9.17, 15) is 23.5 Å². The molecule has 0 bridgehead atoms. The fourth-order valence-electron chi connectivity index (χ4n) is 3.77. The molecule has 3 rings (SSSR count). The minimum Gasteiger partial charge on any atom is -0.480 e. The third kappa shape index (κ3) is 2.46. The Bertz CT molecular complexity index is 619. The van der Waals surface area contributed by atoms with E-state index in [1.165, 1.54) is 4.90 Å². The quantitative estimate of drug-likeness (QED) is 0.914. The molecule has 1 aliphatic carbocycles. The topological polar surface area (TPSA) is 57.6 Å². The number of likely N-dealkylation sites (tertiary alicyclic amines) is 1. The molecular formula is C16H17F2NO3. The Kier molecular flexibility index (Phi) is 3.85. The van der Waals surface area contributed by atoms with Crippen molar-refractivity contribution in [3.63, 3.8) is 0 Å². The van der Waals surface area contributed by atoms with Crippen LogP contribution in [0.2, 0.25) is 0 Å². The molecule has 6 heteroatoms. The average molecular weight is 309 g/mol. The van der Waals surface area contributed by atoms with Crippen LogP contribution in [0.3, 0.4) is 0 Å². The largest absolute Gasteiger partial charge is 0.480 e. The van der Waals surface area contributed by atoms with E-state index in [-0.39, 0.29) is 17.5 Å². The first kappa shape index (κ1) is 14.9. The number of hydrogen-bond donors (Lipinski definition) is 1. The number of fused-ring (bicyclic) bond motifs is 1. The van der Waals surface area contributed by atoms with Crippen LogP contribution in [0.4, 0.5) is 8.78 Å². The number of hydrogen-bond acceptors (Lipinski definition) is 2.